The van der Waals surface area contributed by atoms with Crippen molar-refractivity contribution in [1.82, 2.24) is 0 Å². The van der Waals surface area contributed by atoms with Gasteiger partial charge in [-0.2, -0.15) is 0 Å². The maximum Gasteiger partial charge on any atom is 0.0522 e. The molecule has 0 aliphatic carbocycles. The molecule has 1 N–H and O–H groups in total. The summed E-state index contributed by atoms with van der Waals surface area (Å²) < 4.78 is 0. The summed E-state index contributed by atoms with van der Waals surface area (Å²) >= 11 is 0. The van der Waals surface area contributed by atoms with Gasteiger partial charge in [0, 0.05) is 11.6 Å². The van der Waals surface area contributed by atoms with Crippen LogP contribution in [-0.4, -0.2) is 0 Å². The van der Waals surface area contributed by atoms with E-state index < -0.39 is 0 Å². The zero-order valence-corrected chi connectivity index (χ0v) is 13.1. The molecule has 1 heteroatoms. The Labute approximate surface area is 127 Å². The highest BCUT2D eigenvalue weighted by Gasteiger charge is 2.28. The minimum atomic E-state index is 0.363. The Morgan fingerprint density at radius 3 is 2.52 bits per heavy atom. The molecular formula is C20H23N. The molecular weight excluding hydrogens is 254 g/mol. The lowest BCUT2D eigenvalue weighted by atomic mass is 9.79. The van der Waals surface area contributed by atoms with Gasteiger partial charge in [-0.1, -0.05) is 60.2 Å². The Kier molecular flexibility index (Phi) is 3.59. The van der Waals surface area contributed by atoms with Crippen LogP contribution in [0.4, 0.5) is 5.69 Å². The first-order valence-electron chi connectivity index (χ1n) is 7.64. The van der Waals surface area contributed by atoms with Crippen molar-refractivity contribution in [3.8, 4) is 0 Å². The first kappa shape index (κ1) is 13.9. The van der Waals surface area contributed by atoms with Crippen LogP contribution in [0.2, 0.25) is 0 Å². The third kappa shape index (κ3) is 2.61. The van der Waals surface area contributed by atoms with E-state index in [0.29, 0.717) is 12.0 Å². The molecule has 3 rings (SSSR count). The first-order chi connectivity index (χ1) is 10.1. The number of aryl methyl sites for hydroxylation is 2. The van der Waals surface area contributed by atoms with E-state index in [1.165, 1.54) is 33.5 Å². The van der Waals surface area contributed by atoms with Crippen LogP contribution in [0, 0.1) is 13.8 Å². The summed E-state index contributed by atoms with van der Waals surface area (Å²) in [6.45, 7) is 10.8. The van der Waals surface area contributed by atoms with Crippen LogP contribution in [0.1, 0.15) is 47.6 Å². The maximum absolute atomic E-state index is 4.24. The molecule has 1 aliphatic rings. The molecule has 108 valence electrons. The van der Waals surface area contributed by atoms with Crippen LogP contribution in [-0.2, 0) is 0 Å². The number of benzene rings is 2. The molecule has 1 aliphatic heterocycles. The summed E-state index contributed by atoms with van der Waals surface area (Å²) in [6, 6.07) is 15.7. The zero-order valence-electron chi connectivity index (χ0n) is 13.1. The highest BCUT2D eigenvalue weighted by atomic mass is 14.9. The minimum Gasteiger partial charge on any atom is -0.378 e. The second kappa shape index (κ2) is 5.40. The van der Waals surface area contributed by atoms with Crippen molar-refractivity contribution >= 4 is 5.69 Å². The Morgan fingerprint density at radius 1 is 1.14 bits per heavy atom. The summed E-state index contributed by atoms with van der Waals surface area (Å²) in [7, 11) is 0. The van der Waals surface area contributed by atoms with Crippen LogP contribution in [0.5, 0.6) is 0 Å². The number of rotatable bonds is 2. The van der Waals surface area contributed by atoms with Crippen LogP contribution < -0.4 is 5.32 Å². The standard InChI is InChI=1S/C20H23N/c1-13(2)17-12-19(16-8-6-5-7-9-16)21-20-15(4)10-14(3)11-18(17)20/h5-11,17,19,21H,1,12H2,2-4H3/t17-,19-/m0/s1. The molecule has 0 saturated carbocycles. The zero-order chi connectivity index (χ0) is 15.0. The van der Waals surface area contributed by atoms with Gasteiger partial charge in [0.1, 0.15) is 0 Å². The van der Waals surface area contributed by atoms with Gasteiger partial charge >= 0.3 is 0 Å². The Hall–Kier alpha value is -2.02. The average Bonchev–Trinajstić information content (AvgIpc) is 2.47. The molecule has 0 saturated heterocycles. The van der Waals surface area contributed by atoms with Gasteiger partial charge in [0.2, 0.25) is 0 Å². The molecule has 1 heterocycles. The fraction of sp³-hybridized carbons (Fsp3) is 0.300. The summed E-state index contributed by atoms with van der Waals surface area (Å²) in [5, 5.41) is 3.75. The number of hydrogen-bond donors (Lipinski definition) is 1. The van der Waals surface area contributed by atoms with E-state index in [0.717, 1.165) is 6.42 Å². The number of allylic oxidation sites excluding steroid dienone is 1. The smallest absolute Gasteiger partial charge is 0.0522 e. The van der Waals surface area contributed by atoms with Gasteiger partial charge < -0.3 is 5.32 Å². The summed E-state index contributed by atoms with van der Waals surface area (Å²) in [5.41, 5.74) is 7.98. The Bertz CT molecular complexity index is 670. The van der Waals surface area contributed by atoms with Gasteiger partial charge in [-0.3, -0.25) is 0 Å². The Morgan fingerprint density at radius 2 is 1.86 bits per heavy atom. The molecule has 1 nitrogen and oxygen atoms in total. The lowest BCUT2D eigenvalue weighted by molar-refractivity contribution is 0.595. The van der Waals surface area contributed by atoms with Gasteiger partial charge in [0.15, 0.2) is 0 Å². The van der Waals surface area contributed by atoms with Gasteiger partial charge in [-0.05, 0) is 43.9 Å². The van der Waals surface area contributed by atoms with Crippen LogP contribution in [0.3, 0.4) is 0 Å². The van der Waals surface area contributed by atoms with Crippen LogP contribution in [0.25, 0.3) is 0 Å². The lowest BCUT2D eigenvalue weighted by Crippen LogP contribution is -2.23. The predicted molar refractivity (Wildman–Crippen MR) is 90.9 cm³/mol. The number of hydrogen-bond acceptors (Lipinski definition) is 1. The van der Waals surface area contributed by atoms with Crippen molar-refractivity contribution in [3.05, 3.63) is 76.9 Å². The molecule has 2 aromatic carbocycles. The quantitative estimate of drug-likeness (QED) is 0.713. The van der Waals surface area contributed by atoms with E-state index in [1.54, 1.807) is 0 Å². The van der Waals surface area contributed by atoms with Crippen molar-refractivity contribution < 1.29 is 0 Å². The molecule has 0 aromatic heterocycles. The van der Waals surface area contributed by atoms with E-state index in [-0.39, 0.29) is 0 Å². The molecule has 2 atom stereocenters. The van der Waals surface area contributed by atoms with Crippen molar-refractivity contribution in [3.63, 3.8) is 0 Å². The summed E-state index contributed by atoms with van der Waals surface area (Å²) in [4.78, 5) is 0. The number of anilines is 1. The molecule has 0 fully saturated rings. The van der Waals surface area contributed by atoms with Crippen molar-refractivity contribution in [2.45, 2.75) is 39.2 Å². The van der Waals surface area contributed by atoms with Gasteiger partial charge in [-0.25, -0.2) is 0 Å². The topological polar surface area (TPSA) is 12.0 Å². The highest BCUT2D eigenvalue weighted by Crippen LogP contribution is 2.44. The molecule has 0 radical (unpaired) electrons. The summed E-state index contributed by atoms with van der Waals surface area (Å²) in [5.74, 6) is 0.435. The van der Waals surface area contributed by atoms with Crippen LogP contribution in [0.15, 0.2) is 54.6 Å². The monoisotopic (exact) mass is 277 g/mol. The number of nitrogens with one attached hydrogen (secondary N) is 1. The highest BCUT2D eigenvalue weighted by molar-refractivity contribution is 5.64. The molecule has 2 aromatic rings. The normalized spacial score (nSPS) is 20.5. The number of fused-ring (bicyclic) bond motifs is 1. The van der Waals surface area contributed by atoms with Gasteiger partial charge in [0.05, 0.1) is 6.04 Å². The average molecular weight is 277 g/mol. The van der Waals surface area contributed by atoms with Crippen molar-refractivity contribution in [2.75, 3.05) is 5.32 Å². The fourth-order valence-electron chi connectivity index (χ4n) is 3.44. The predicted octanol–water partition coefficient (Wildman–Crippen LogP) is 5.52. The van der Waals surface area contributed by atoms with Crippen molar-refractivity contribution in [1.29, 1.82) is 0 Å². The van der Waals surface area contributed by atoms with Crippen molar-refractivity contribution in [2.24, 2.45) is 0 Å². The van der Waals surface area contributed by atoms with E-state index in [2.05, 4.69) is 75.1 Å². The minimum absolute atomic E-state index is 0.363. The third-order valence-corrected chi connectivity index (χ3v) is 4.47. The molecule has 0 amide bonds. The molecule has 0 spiro atoms. The van der Waals surface area contributed by atoms with E-state index in [9.17, 15) is 0 Å². The third-order valence-electron chi connectivity index (χ3n) is 4.47. The van der Waals surface area contributed by atoms with E-state index in [4.69, 9.17) is 0 Å². The second-order valence-corrected chi connectivity index (χ2v) is 6.29. The van der Waals surface area contributed by atoms with Gasteiger partial charge in [-0.15, -0.1) is 0 Å². The largest absolute Gasteiger partial charge is 0.378 e. The molecule has 21 heavy (non-hydrogen) atoms. The van der Waals surface area contributed by atoms with E-state index in [1.807, 2.05) is 0 Å². The molecule has 0 bridgehead atoms. The van der Waals surface area contributed by atoms with E-state index >= 15 is 0 Å². The Balaban J connectivity index is 2.07. The molecule has 0 unspecified atom stereocenters. The second-order valence-electron chi connectivity index (χ2n) is 6.29. The van der Waals surface area contributed by atoms with Gasteiger partial charge in [0.25, 0.3) is 0 Å². The SMILES string of the molecule is C=C(C)[C@@H]1C[C@@H](c2ccccc2)Nc2c(C)cc(C)cc21. The fourth-order valence-corrected chi connectivity index (χ4v) is 3.44. The maximum atomic E-state index is 4.24. The lowest BCUT2D eigenvalue weighted by Gasteiger charge is -2.35. The summed E-state index contributed by atoms with van der Waals surface area (Å²) in [6.07, 6.45) is 1.08. The van der Waals surface area contributed by atoms with Crippen LogP contribution >= 0.6 is 0 Å². The first-order valence-corrected chi connectivity index (χ1v) is 7.64.